The van der Waals surface area contributed by atoms with Crippen LogP contribution in [0.4, 0.5) is 5.82 Å². The molecule has 0 saturated carbocycles. The second-order valence-electron chi connectivity index (χ2n) is 5.79. The van der Waals surface area contributed by atoms with Gasteiger partial charge in [0.05, 0.1) is 11.4 Å². The molecule has 0 radical (unpaired) electrons. The first kappa shape index (κ1) is 14.6. The van der Waals surface area contributed by atoms with Crippen molar-refractivity contribution in [3.05, 3.63) is 35.9 Å². The maximum atomic E-state index is 6.17. The van der Waals surface area contributed by atoms with E-state index in [0.29, 0.717) is 11.9 Å². The maximum absolute atomic E-state index is 6.17. The topological polar surface area (TPSA) is 19.4 Å². The number of hydrogen-bond acceptors (Lipinski definition) is 3. The lowest BCUT2D eigenvalue weighted by Gasteiger charge is -2.40. The standard InChI is InChI=1S/C17H22ClN3/c1-3-15-12-21(9-8-20(15)2)17-14(11-18)10-13-6-4-5-7-16(13)19-17/h4-7,10,15H,3,8-9,11-12H2,1-2H3. The predicted molar refractivity (Wildman–Crippen MR) is 90.2 cm³/mol. The van der Waals surface area contributed by atoms with E-state index in [9.17, 15) is 0 Å². The molecule has 1 aromatic heterocycles. The third-order valence-corrected chi connectivity index (χ3v) is 4.76. The molecule has 2 heterocycles. The number of para-hydroxylation sites is 1. The number of pyridine rings is 1. The summed E-state index contributed by atoms with van der Waals surface area (Å²) in [6, 6.07) is 11.0. The molecular weight excluding hydrogens is 282 g/mol. The van der Waals surface area contributed by atoms with Gasteiger partial charge in [-0.15, -0.1) is 11.6 Å². The monoisotopic (exact) mass is 303 g/mol. The van der Waals surface area contributed by atoms with Crippen LogP contribution in [-0.2, 0) is 5.88 Å². The average Bonchev–Trinajstić information content (AvgIpc) is 2.54. The second-order valence-corrected chi connectivity index (χ2v) is 6.05. The van der Waals surface area contributed by atoms with Crippen LogP contribution in [0, 0.1) is 0 Å². The number of rotatable bonds is 3. The van der Waals surface area contributed by atoms with Crippen molar-refractivity contribution in [3.63, 3.8) is 0 Å². The van der Waals surface area contributed by atoms with Crippen molar-refractivity contribution < 1.29 is 0 Å². The third kappa shape index (κ3) is 2.85. The molecular formula is C17H22ClN3. The molecule has 21 heavy (non-hydrogen) atoms. The molecule has 1 aromatic carbocycles. The average molecular weight is 304 g/mol. The minimum absolute atomic E-state index is 0.510. The van der Waals surface area contributed by atoms with Crippen molar-refractivity contribution in [2.75, 3.05) is 31.6 Å². The van der Waals surface area contributed by atoms with Crippen molar-refractivity contribution in [2.24, 2.45) is 0 Å². The Balaban J connectivity index is 1.98. The molecule has 1 aliphatic rings. The lowest BCUT2D eigenvalue weighted by atomic mass is 10.1. The zero-order chi connectivity index (χ0) is 14.8. The number of nitrogens with zero attached hydrogens (tertiary/aromatic N) is 3. The Morgan fingerprint density at radius 2 is 2.10 bits per heavy atom. The number of fused-ring (bicyclic) bond motifs is 1. The molecule has 1 saturated heterocycles. The quantitative estimate of drug-likeness (QED) is 0.809. The fourth-order valence-corrected chi connectivity index (χ4v) is 3.30. The minimum atomic E-state index is 0.510. The summed E-state index contributed by atoms with van der Waals surface area (Å²) >= 11 is 6.17. The van der Waals surface area contributed by atoms with Gasteiger partial charge in [-0.2, -0.15) is 0 Å². The van der Waals surface area contributed by atoms with E-state index >= 15 is 0 Å². The summed E-state index contributed by atoms with van der Waals surface area (Å²) in [7, 11) is 2.21. The van der Waals surface area contributed by atoms with E-state index in [4.69, 9.17) is 16.6 Å². The summed E-state index contributed by atoms with van der Waals surface area (Å²) in [5, 5.41) is 1.16. The Morgan fingerprint density at radius 3 is 2.86 bits per heavy atom. The highest BCUT2D eigenvalue weighted by Gasteiger charge is 2.25. The van der Waals surface area contributed by atoms with Gasteiger partial charge in [-0.3, -0.25) is 4.90 Å². The Labute approximate surface area is 131 Å². The molecule has 1 aliphatic heterocycles. The number of hydrogen-bond donors (Lipinski definition) is 0. The van der Waals surface area contributed by atoms with E-state index in [1.807, 2.05) is 12.1 Å². The van der Waals surface area contributed by atoms with Gasteiger partial charge in [0.15, 0.2) is 0 Å². The van der Waals surface area contributed by atoms with E-state index in [0.717, 1.165) is 48.3 Å². The zero-order valence-corrected chi connectivity index (χ0v) is 13.5. The summed E-state index contributed by atoms with van der Waals surface area (Å²) in [5.74, 6) is 1.58. The molecule has 3 rings (SSSR count). The summed E-state index contributed by atoms with van der Waals surface area (Å²) in [6.45, 7) is 5.38. The van der Waals surface area contributed by atoms with Crippen LogP contribution < -0.4 is 4.90 Å². The fraction of sp³-hybridized carbons (Fsp3) is 0.471. The zero-order valence-electron chi connectivity index (χ0n) is 12.7. The van der Waals surface area contributed by atoms with Gasteiger partial charge in [0, 0.05) is 36.6 Å². The predicted octanol–water partition coefficient (Wildman–Crippen LogP) is 3.50. The Morgan fingerprint density at radius 1 is 1.29 bits per heavy atom. The summed E-state index contributed by atoms with van der Waals surface area (Å²) in [6.07, 6.45) is 1.16. The van der Waals surface area contributed by atoms with E-state index in [-0.39, 0.29) is 0 Å². The molecule has 2 aromatic rings. The number of piperazine rings is 1. The summed E-state index contributed by atoms with van der Waals surface area (Å²) < 4.78 is 0. The van der Waals surface area contributed by atoms with Crippen molar-refractivity contribution in [2.45, 2.75) is 25.3 Å². The molecule has 0 amide bonds. The molecule has 1 atom stereocenters. The Bertz CT molecular complexity index is 628. The van der Waals surface area contributed by atoms with Crippen LogP contribution in [0.2, 0.25) is 0 Å². The van der Waals surface area contributed by atoms with E-state index in [2.05, 4.69) is 42.0 Å². The van der Waals surface area contributed by atoms with Crippen molar-refractivity contribution in [1.29, 1.82) is 0 Å². The maximum Gasteiger partial charge on any atom is 0.133 e. The first-order chi connectivity index (χ1) is 10.2. The number of halogens is 1. The van der Waals surface area contributed by atoms with E-state index in [1.165, 1.54) is 0 Å². The lowest BCUT2D eigenvalue weighted by Crippen LogP contribution is -2.51. The van der Waals surface area contributed by atoms with Crippen molar-refractivity contribution in [3.8, 4) is 0 Å². The normalized spacial score (nSPS) is 20.1. The van der Waals surface area contributed by atoms with Crippen LogP contribution in [0.5, 0.6) is 0 Å². The Hall–Kier alpha value is -1.32. The lowest BCUT2D eigenvalue weighted by molar-refractivity contribution is 0.213. The number of alkyl halides is 1. The van der Waals surface area contributed by atoms with Crippen LogP contribution >= 0.6 is 11.6 Å². The third-order valence-electron chi connectivity index (χ3n) is 4.47. The minimum Gasteiger partial charge on any atom is -0.353 e. The van der Waals surface area contributed by atoms with Gasteiger partial charge in [-0.05, 0) is 25.6 Å². The van der Waals surface area contributed by atoms with Gasteiger partial charge in [-0.25, -0.2) is 4.98 Å². The van der Waals surface area contributed by atoms with Crippen molar-refractivity contribution >= 4 is 28.3 Å². The van der Waals surface area contributed by atoms with Crippen LogP contribution in [0.25, 0.3) is 10.9 Å². The second kappa shape index (κ2) is 6.20. The van der Waals surface area contributed by atoms with Gasteiger partial charge in [0.25, 0.3) is 0 Å². The fourth-order valence-electron chi connectivity index (χ4n) is 3.10. The molecule has 112 valence electrons. The van der Waals surface area contributed by atoms with Crippen LogP contribution in [0.3, 0.4) is 0 Å². The molecule has 1 unspecified atom stereocenters. The SMILES string of the molecule is CCC1CN(c2nc3ccccc3cc2CCl)CCN1C. The molecule has 0 bridgehead atoms. The van der Waals surface area contributed by atoms with Crippen molar-refractivity contribution in [1.82, 2.24) is 9.88 Å². The smallest absolute Gasteiger partial charge is 0.133 e. The van der Waals surface area contributed by atoms with Gasteiger partial charge < -0.3 is 4.90 Å². The molecule has 0 aliphatic carbocycles. The van der Waals surface area contributed by atoms with Gasteiger partial charge in [0.2, 0.25) is 0 Å². The Kier molecular flexibility index (Phi) is 4.32. The highest BCUT2D eigenvalue weighted by molar-refractivity contribution is 6.17. The molecule has 0 N–H and O–H groups in total. The van der Waals surface area contributed by atoms with E-state index in [1.54, 1.807) is 0 Å². The number of likely N-dealkylation sites (N-methyl/N-ethyl adjacent to an activating group) is 1. The number of benzene rings is 1. The van der Waals surface area contributed by atoms with E-state index < -0.39 is 0 Å². The van der Waals surface area contributed by atoms with Gasteiger partial charge in [-0.1, -0.05) is 25.1 Å². The first-order valence-corrected chi connectivity index (χ1v) is 8.16. The van der Waals surface area contributed by atoms with Gasteiger partial charge in [0.1, 0.15) is 5.82 Å². The van der Waals surface area contributed by atoms with Crippen LogP contribution in [0.15, 0.2) is 30.3 Å². The van der Waals surface area contributed by atoms with Crippen LogP contribution in [-0.4, -0.2) is 42.6 Å². The highest BCUT2D eigenvalue weighted by atomic mass is 35.5. The first-order valence-electron chi connectivity index (χ1n) is 7.62. The number of anilines is 1. The molecule has 4 heteroatoms. The largest absolute Gasteiger partial charge is 0.353 e. The molecule has 3 nitrogen and oxygen atoms in total. The summed E-state index contributed by atoms with van der Waals surface area (Å²) in [4.78, 5) is 9.73. The van der Waals surface area contributed by atoms with Crippen LogP contribution in [0.1, 0.15) is 18.9 Å². The number of aromatic nitrogens is 1. The highest BCUT2D eigenvalue weighted by Crippen LogP contribution is 2.27. The molecule has 0 spiro atoms. The summed E-state index contributed by atoms with van der Waals surface area (Å²) in [5.41, 5.74) is 2.18. The molecule has 1 fully saturated rings. The van der Waals surface area contributed by atoms with Gasteiger partial charge >= 0.3 is 0 Å².